The van der Waals surface area contributed by atoms with Crippen molar-refractivity contribution >= 4 is 5.97 Å². The number of hydrogen-bond donors (Lipinski definition) is 2. The van der Waals surface area contributed by atoms with Gasteiger partial charge in [0.15, 0.2) is 0 Å². The van der Waals surface area contributed by atoms with Gasteiger partial charge in [0.05, 0.1) is 18.8 Å². The highest BCUT2D eigenvalue weighted by Gasteiger charge is 2.42. The average Bonchev–Trinajstić information content (AvgIpc) is 2.37. The van der Waals surface area contributed by atoms with E-state index in [2.05, 4.69) is 5.32 Å². The second-order valence-electron chi connectivity index (χ2n) is 5.24. The predicted octanol–water partition coefficient (Wildman–Crippen LogP) is 1.80. The lowest BCUT2D eigenvalue weighted by Crippen LogP contribution is -2.56. The van der Waals surface area contributed by atoms with E-state index in [-0.39, 0.29) is 12.2 Å². The van der Waals surface area contributed by atoms with Gasteiger partial charge in [-0.05, 0) is 39.7 Å². The van der Waals surface area contributed by atoms with Crippen LogP contribution in [0.1, 0.15) is 46.5 Å². The van der Waals surface area contributed by atoms with Gasteiger partial charge in [0.1, 0.15) is 5.54 Å². The molecule has 1 aliphatic carbocycles. The molecule has 2 N–H and O–H groups in total. The Morgan fingerprint density at radius 1 is 1.53 bits per heavy atom. The van der Waals surface area contributed by atoms with Gasteiger partial charge in [0.2, 0.25) is 0 Å². The monoisotopic (exact) mass is 273 g/mol. The van der Waals surface area contributed by atoms with E-state index in [1.807, 2.05) is 20.8 Å². The van der Waals surface area contributed by atoms with Gasteiger partial charge in [0.25, 0.3) is 0 Å². The molecule has 3 unspecified atom stereocenters. The molecule has 0 amide bonds. The van der Waals surface area contributed by atoms with Gasteiger partial charge in [-0.25, -0.2) is 0 Å². The number of rotatable bonds is 8. The molecule has 1 fully saturated rings. The van der Waals surface area contributed by atoms with E-state index in [1.54, 1.807) is 0 Å². The zero-order valence-corrected chi connectivity index (χ0v) is 12.3. The summed E-state index contributed by atoms with van der Waals surface area (Å²) in [4.78, 5) is 11.5. The summed E-state index contributed by atoms with van der Waals surface area (Å²) in [6.45, 7) is 7.76. The fourth-order valence-electron chi connectivity index (χ4n) is 2.76. The summed E-state index contributed by atoms with van der Waals surface area (Å²) in [7, 11) is 0. The van der Waals surface area contributed by atoms with E-state index >= 15 is 0 Å². The molecular formula is C14H27NO4. The summed E-state index contributed by atoms with van der Waals surface area (Å²) >= 11 is 0. The van der Waals surface area contributed by atoms with Crippen LogP contribution in [0.5, 0.6) is 0 Å². The Labute approximate surface area is 115 Å². The molecular weight excluding hydrogens is 246 g/mol. The highest BCUT2D eigenvalue weighted by molar-refractivity contribution is 5.79. The van der Waals surface area contributed by atoms with E-state index < -0.39 is 11.5 Å². The summed E-state index contributed by atoms with van der Waals surface area (Å²) in [5.41, 5.74) is -0.816. The maximum atomic E-state index is 11.5. The summed E-state index contributed by atoms with van der Waals surface area (Å²) in [6, 6.07) is 0. The minimum Gasteiger partial charge on any atom is -0.480 e. The van der Waals surface area contributed by atoms with Gasteiger partial charge in [-0.3, -0.25) is 4.79 Å². The van der Waals surface area contributed by atoms with Crippen LogP contribution in [-0.2, 0) is 14.3 Å². The quantitative estimate of drug-likeness (QED) is 0.706. The Kier molecular flexibility index (Phi) is 6.75. The van der Waals surface area contributed by atoms with Crippen molar-refractivity contribution in [1.29, 1.82) is 0 Å². The smallest absolute Gasteiger partial charge is 0.323 e. The molecule has 0 spiro atoms. The molecule has 3 atom stereocenters. The normalized spacial score (nSPS) is 29.1. The van der Waals surface area contributed by atoms with Gasteiger partial charge in [0, 0.05) is 13.0 Å². The van der Waals surface area contributed by atoms with Crippen molar-refractivity contribution < 1.29 is 19.4 Å². The third-order valence-corrected chi connectivity index (χ3v) is 3.61. The number of aliphatic carboxylic acids is 1. The van der Waals surface area contributed by atoms with Crippen LogP contribution in [0.3, 0.4) is 0 Å². The topological polar surface area (TPSA) is 67.8 Å². The van der Waals surface area contributed by atoms with Gasteiger partial charge >= 0.3 is 5.97 Å². The van der Waals surface area contributed by atoms with Crippen molar-refractivity contribution in [3.63, 3.8) is 0 Å². The highest BCUT2D eigenvalue weighted by Crippen LogP contribution is 2.31. The van der Waals surface area contributed by atoms with Crippen LogP contribution in [0.4, 0.5) is 0 Å². The van der Waals surface area contributed by atoms with Gasteiger partial charge < -0.3 is 19.9 Å². The fraction of sp³-hybridized carbons (Fsp3) is 0.929. The van der Waals surface area contributed by atoms with Crippen molar-refractivity contribution in [3.8, 4) is 0 Å². The van der Waals surface area contributed by atoms with Crippen molar-refractivity contribution in [2.24, 2.45) is 0 Å². The molecule has 0 bridgehead atoms. The Morgan fingerprint density at radius 2 is 2.26 bits per heavy atom. The molecule has 0 aromatic carbocycles. The van der Waals surface area contributed by atoms with Crippen LogP contribution < -0.4 is 5.32 Å². The van der Waals surface area contributed by atoms with Crippen molar-refractivity contribution in [3.05, 3.63) is 0 Å². The largest absolute Gasteiger partial charge is 0.480 e. The third kappa shape index (κ3) is 4.75. The molecule has 0 radical (unpaired) electrons. The second-order valence-corrected chi connectivity index (χ2v) is 5.24. The summed E-state index contributed by atoms with van der Waals surface area (Å²) < 4.78 is 11.2. The number of ether oxygens (including phenoxy) is 2. The van der Waals surface area contributed by atoms with E-state index in [0.717, 1.165) is 12.8 Å². The minimum absolute atomic E-state index is 0.000596. The highest BCUT2D eigenvalue weighted by atomic mass is 16.5. The maximum absolute atomic E-state index is 11.5. The first-order chi connectivity index (χ1) is 9.04. The minimum atomic E-state index is -0.816. The lowest BCUT2D eigenvalue weighted by Gasteiger charge is -2.38. The molecule has 5 heteroatoms. The molecule has 1 aliphatic rings. The first kappa shape index (κ1) is 16.4. The lowest BCUT2D eigenvalue weighted by molar-refractivity contribution is -0.150. The Bertz CT molecular complexity index is 281. The first-order valence-corrected chi connectivity index (χ1v) is 7.25. The molecule has 0 aliphatic heterocycles. The van der Waals surface area contributed by atoms with E-state index in [9.17, 15) is 9.90 Å². The summed E-state index contributed by atoms with van der Waals surface area (Å²) in [5.74, 6) is -0.764. The molecule has 0 aromatic heterocycles. The third-order valence-electron chi connectivity index (χ3n) is 3.61. The van der Waals surface area contributed by atoms with Gasteiger partial charge in [-0.1, -0.05) is 6.92 Å². The summed E-state index contributed by atoms with van der Waals surface area (Å²) in [6.07, 6.45) is 3.03. The van der Waals surface area contributed by atoms with Gasteiger partial charge in [-0.15, -0.1) is 0 Å². The molecule has 5 nitrogen and oxygen atoms in total. The van der Waals surface area contributed by atoms with Crippen molar-refractivity contribution in [2.75, 3.05) is 19.8 Å². The molecule has 1 rings (SSSR count). The SMILES string of the molecule is CCNC1(C(=O)O)CCCC(OC(C)COCC)C1. The Hall–Kier alpha value is -0.650. The fourth-order valence-corrected chi connectivity index (χ4v) is 2.76. The molecule has 0 aromatic rings. The lowest BCUT2D eigenvalue weighted by atomic mass is 9.80. The van der Waals surface area contributed by atoms with Crippen LogP contribution in [0.25, 0.3) is 0 Å². The van der Waals surface area contributed by atoms with Crippen LogP contribution in [0, 0.1) is 0 Å². The zero-order valence-electron chi connectivity index (χ0n) is 12.3. The van der Waals surface area contributed by atoms with E-state index in [0.29, 0.717) is 32.6 Å². The van der Waals surface area contributed by atoms with Crippen LogP contribution >= 0.6 is 0 Å². The summed E-state index contributed by atoms with van der Waals surface area (Å²) in [5, 5.41) is 12.6. The maximum Gasteiger partial charge on any atom is 0.323 e. The molecule has 0 heterocycles. The van der Waals surface area contributed by atoms with Crippen LogP contribution in [0.15, 0.2) is 0 Å². The van der Waals surface area contributed by atoms with E-state index in [4.69, 9.17) is 9.47 Å². The van der Waals surface area contributed by atoms with Crippen molar-refractivity contribution in [1.82, 2.24) is 5.32 Å². The van der Waals surface area contributed by atoms with E-state index in [1.165, 1.54) is 0 Å². The van der Waals surface area contributed by atoms with Gasteiger partial charge in [-0.2, -0.15) is 0 Å². The number of nitrogens with one attached hydrogen (secondary N) is 1. The van der Waals surface area contributed by atoms with Crippen LogP contribution in [-0.4, -0.2) is 48.6 Å². The molecule has 1 saturated carbocycles. The zero-order chi connectivity index (χ0) is 14.3. The number of carboxylic acids is 1. The average molecular weight is 273 g/mol. The standard InChI is InChI=1S/C14H27NO4/c1-4-15-14(13(16)17)8-6-7-12(9-14)19-11(3)10-18-5-2/h11-12,15H,4-10H2,1-3H3,(H,16,17). The van der Waals surface area contributed by atoms with Crippen molar-refractivity contribution in [2.45, 2.75) is 64.2 Å². The van der Waals surface area contributed by atoms with Crippen LogP contribution in [0.2, 0.25) is 0 Å². The number of carboxylic acid groups (broad SMARTS) is 1. The number of carbonyl (C=O) groups is 1. The Morgan fingerprint density at radius 3 is 2.84 bits per heavy atom. The Balaban J connectivity index is 2.54. The first-order valence-electron chi connectivity index (χ1n) is 7.25. The predicted molar refractivity (Wildman–Crippen MR) is 73.3 cm³/mol. The molecule has 112 valence electrons. The second kappa shape index (κ2) is 7.82. The number of hydrogen-bond acceptors (Lipinski definition) is 4. The number of likely N-dealkylation sites (N-methyl/N-ethyl adjacent to an activating group) is 1. The molecule has 0 saturated heterocycles. The molecule has 19 heavy (non-hydrogen) atoms.